The molecule has 0 saturated carbocycles. The van der Waals surface area contributed by atoms with Gasteiger partial charge in [-0.1, -0.05) is 12.1 Å². The van der Waals surface area contributed by atoms with E-state index < -0.39 is 10.8 Å². The molecule has 0 aliphatic carbocycles. The number of hydrogen-bond acceptors (Lipinski definition) is 6. The molecular formula is C25H30FN5O4. The fraction of sp³-hybridized carbons (Fsp3) is 0.440. The van der Waals surface area contributed by atoms with Crippen LogP contribution in [0.5, 0.6) is 0 Å². The number of carbonyl (C=O) groups is 2. The van der Waals surface area contributed by atoms with E-state index in [2.05, 4.69) is 15.5 Å². The van der Waals surface area contributed by atoms with Crippen LogP contribution in [0.15, 0.2) is 42.5 Å². The van der Waals surface area contributed by atoms with E-state index in [0.717, 1.165) is 11.3 Å². The number of piperazine rings is 1. The molecule has 2 aliphatic rings. The van der Waals surface area contributed by atoms with Crippen LogP contribution in [-0.4, -0.2) is 59.9 Å². The van der Waals surface area contributed by atoms with Crippen LogP contribution in [0.4, 0.5) is 15.8 Å². The molecule has 4 rings (SSSR count). The minimum absolute atomic E-state index is 0.00916. The number of benzene rings is 2. The van der Waals surface area contributed by atoms with Crippen LogP contribution in [-0.2, 0) is 22.6 Å². The summed E-state index contributed by atoms with van der Waals surface area (Å²) in [6.07, 6.45) is 0.346. The van der Waals surface area contributed by atoms with Gasteiger partial charge in [-0.05, 0) is 49.6 Å². The maximum atomic E-state index is 13.5. The monoisotopic (exact) mass is 483 g/mol. The third-order valence-electron chi connectivity index (χ3n) is 6.50. The van der Waals surface area contributed by atoms with Crippen molar-refractivity contribution in [3.8, 4) is 0 Å². The second-order valence-electron chi connectivity index (χ2n) is 9.45. The van der Waals surface area contributed by atoms with Crippen LogP contribution >= 0.6 is 0 Å². The van der Waals surface area contributed by atoms with E-state index in [4.69, 9.17) is 0 Å². The number of nitrogens with zero attached hydrogens (tertiary/aromatic N) is 3. The zero-order chi connectivity index (χ0) is 25.1. The molecule has 2 aliphatic heterocycles. The summed E-state index contributed by atoms with van der Waals surface area (Å²) in [6, 6.07) is 10.7. The number of nitro groups is 1. The summed E-state index contributed by atoms with van der Waals surface area (Å²) in [7, 11) is 0. The molecule has 2 aromatic carbocycles. The van der Waals surface area contributed by atoms with E-state index in [0.29, 0.717) is 31.6 Å². The first-order chi connectivity index (χ1) is 16.7. The zero-order valence-corrected chi connectivity index (χ0v) is 19.9. The molecule has 2 aromatic rings. The van der Waals surface area contributed by atoms with Gasteiger partial charge in [0.25, 0.3) is 5.69 Å². The number of hydrogen-bond donors (Lipinski definition) is 2. The van der Waals surface area contributed by atoms with Gasteiger partial charge in [-0.3, -0.25) is 24.6 Å². The van der Waals surface area contributed by atoms with Crippen LogP contribution < -0.4 is 15.5 Å². The molecule has 2 heterocycles. The van der Waals surface area contributed by atoms with Crippen molar-refractivity contribution in [1.29, 1.82) is 0 Å². The molecule has 1 fully saturated rings. The molecule has 9 nitrogen and oxygen atoms in total. The van der Waals surface area contributed by atoms with E-state index in [1.165, 1.54) is 18.2 Å². The fourth-order valence-electron chi connectivity index (χ4n) is 4.96. The summed E-state index contributed by atoms with van der Waals surface area (Å²) >= 11 is 0. The topological polar surface area (TPSA) is 108 Å². The lowest BCUT2D eigenvalue weighted by atomic mass is 9.83. The van der Waals surface area contributed by atoms with Crippen molar-refractivity contribution < 1.29 is 18.9 Å². The van der Waals surface area contributed by atoms with Crippen molar-refractivity contribution >= 4 is 23.2 Å². The molecule has 2 N–H and O–H groups in total. The molecule has 2 amide bonds. The summed E-state index contributed by atoms with van der Waals surface area (Å²) in [5.41, 5.74) is 2.29. The van der Waals surface area contributed by atoms with Gasteiger partial charge in [-0.15, -0.1) is 0 Å². The first-order valence-corrected chi connectivity index (χ1v) is 11.8. The Morgan fingerprint density at radius 1 is 1.20 bits per heavy atom. The van der Waals surface area contributed by atoms with Gasteiger partial charge >= 0.3 is 0 Å². The number of nitrogens with one attached hydrogen (secondary N) is 2. The molecular weight excluding hydrogens is 453 g/mol. The minimum atomic E-state index is -0.478. The lowest BCUT2D eigenvalue weighted by molar-refractivity contribution is -0.384. The van der Waals surface area contributed by atoms with E-state index in [9.17, 15) is 24.1 Å². The molecule has 35 heavy (non-hydrogen) atoms. The molecule has 186 valence electrons. The lowest BCUT2D eigenvalue weighted by Gasteiger charge is -2.49. The van der Waals surface area contributed by atoms with Gasteiger partial charge in [0, 0.05) is 50.0 Å². The normalized spacial score (nSPS) is 19.6. The Balaban J connectivity index is 1.56. The number of rotatable bonds is 7. The Morgan fingerprint density at radius 3 is 2.71 bits per heavy atom. The van der Waals surface area contributed by atoms with Gasteiger partial charge < -0.3 is 15.5 Å². The highest BCUT2D eigenvalue weighted by Gasteiger charge is 2.42. The predicted octanol–water partition coefficient (Wildman–Crippen LogP) is 2.24. The average molecular weight is 484 g/mol. The standard InChI is InChI=1S/C25H30FN5O4/c1-16(2)28-24(32)15-29-8-9-30-22-7-6-20(31(34)35)11-18(22)12-21(23(30)14-29)25(33)27-13-17-4-3-5-19(26)10-17/h3-7,10-11,16,21,23H,8-9,12-15H2,1-2H3,(H,27,33)(H,28,32)/t21-,23-/m1/s1. The molecule has 0 unspecified atom stereocenters. The van der Waals surface area contributed by atoms with Gasteiger partial charge in [0.15, 0.2) is 0 Å². The van der Waals surface area contributed by atoms with Crippen LogP contribution in [0.1, 0.15) is 25.0 Å². The molecule has 0 radical (unpaired) electrons. The number of anilines is 1. The van der Waals surface area contributed by atoms with Crippen molar-refractivity contribution in [3.05, 3.63) is 69.5 Å². The summed E-state index contributed by atoms with van der Waals surface area (Å²) in [5, 5.41) is 17.1. The Hall–Kier alpha value is -3.53. The summed E-state index contributed by atoms with van der Waals surface area (Å²) in [6.45, 7) is 5.99. The Labute approximate surface area is 203 Å². The second-order valence-corrected chi connectivity index (χ2v) is 9.45. The summed E-state index contributed by atoms with van der Waals surface area (Å²) < 4.78 is 13.5. The highest BCUT2D eigenvalue weighted by Crippen LogP contribution is 2.38. The number of amides is 2. The third kappa shape index (κ3) is 5.76. The minimum Gasteiger partial charge on any atom is -0.365 e. The van der Waals surface area contributed by atoms with E-state index in [1.807, 2.05) is 18.7 Å². The first kappa shape index (κ1) is 24.6. The Kier molecular flexibility index (Phi) is 7.30. The Morgan fingerprint density at radius 2 is 2.00 bits per heavy atom. The van der Waals surface area contributed by atoms with Crippen molar-refractivity contribution in [1.82, 2.24) is 15.5 Å². The van der Waals surface area contributed by atoms with Crippen molar-refractivity contribution in [2.75, 3.05) is 31.1 Å². The molecule has 0 aromatic heterocycles. The Bertz CT molecular complexity index is 1120. The largest absolute Gasteiger partial charge is 0.365 e. The number of fused-ring (bicyclic) bond motifs is 3. The highest BCUT2D eigenvalue weighted by atomic mass is 19.1. The predicted molar refractivity (Wildman–Crippen MR) is 129 cm³/mol. The van der Waals surface area contributed by atoms with Crippen molar-refractivity contribution in [3.63, 3.8) is 0 Å². The van der Waals surface area contributed by atoms with Gasteiger partial charge in [0.2, 0.25) is 11.8 Å². The van der Waals surface area contributed by atoms with E-state index in [-0.39, 0.29) is 48.5 Å². The summed E-state index contributed by atoms with van der Waals surface area (Å²) in [4.78, 5) is 40.8. The first-order valence-electron chi connectivity index (χ1n) is 11.8. The lowest BCUT2D eigenvalue weighted by Crippen LogP contribution is -2.62. The van der Waals surface area contributed by atoms with Crippen LogP contribution in [0.3, 0.4) is 0 Å². The smallest absolute Gasteiger partial charge is 0.269 e. The van der Waals surface area contributed by atoms with Crippen LogP contribution in [0, 0.1) is 21.8 Å². The molecule has 1 saturated heterocycles. The quantitative estimate of drug-likeness (QED) is 0.462. The molecule has 2 atom stereocenters. The maximum absolute atomic E-state index is 13.5. The molecule has 0 bridgehead atoms. The van der Waals surface area contributed by atoms with Gasteiger partial charge in [-0.25, -0.2) is 4.39 Å². The van der Waals surface area contributed by atoms with Crippen molar-refractivity contribution in [2.24, 2.45) is 5.92 Å². The molecule has 0 spiro atoms. The summed E-state index contributed by atoms with van der Waals surface area (Å²) in [5.74, 6) is -1.11. The SMILES string of the molecule is CC(C)NC(=O)CN1CCN2c3ccc([N+](=O)[O-])cc3C[C@@H](C(=O)NCc3cccc(F)c3)[C@H]2C1. The number of carbonyl (C=O) groups excluding carboxylic acids is 2. The second kappa shape index (κ2) is 10.4. The van der Waals surface area contributed by atoms with E-state index >= 15 is 0 Å². The third-order valence-corrected chi connectivity index (χ3v) is 6.50. The average Bonchev–Trinajstić information content (AvgIpc) is 2.81. The van der Waals surface area contributed by atoms with Gasteiger partial charge in [0.05, 0.1) is 23.4 Å². The van der Waals surface area contributed by atoms with Gasteiger partial charge in [0.1, 0.15) is 5.82 Å². The zero-order valence-electron chi connectivity index (χ0n) is 19.9. The highest BCUT2D eigenvalue weighted by molar-refractivity contribution is 5.82. The maximum Gasteiger partial charge on any atom is 0.269 e. The molecule has 10 heteroatoms. The van der Waals surface area contributed by atoms with Crippen LogP contribution in [0.25, 0.3) is 0 Å². The number of non-ortho nitro benzene ring substituents is 1. The van der Waals surface area contributed by atoms with Gasteiger partial charge in [-0.2, -0.15) is 0 Å². The van der Waals surface area contributed by atoms with E-state index in [1.54, 1.807) is 24.3 Å². The van der Waals surface area contributed by atoms with Crippen molar-refractivity contribution in [2.45, 2.75) is 38.9 Å². The number of halogens is 1. The number of nitro benzene ring substituents is 1. The van der Waals surface area contributed by atoms with Crippen LogP contribution in [0.2, 0.25) is 0 Å². The fourth-order valence-corrected chi connectivity index (χ4v) is 4.96.